The first-order valence-electron chi connectivity index (χ1n) is 7.21. The molecule has 0 aliphatic heterocycles. The molecule has 0 unspecified atom stereocenters. The molecule has 24 heavy (non-hydrogen) atoms. The summed E-state index contributed by atoms with van der Waals surface area (Å²) in [5.41, 5.74) is 1.68. The van der Waals surface area contributed by atoms with Crippen LogP contribution in [-0.4, -0.2) is 40.3 Å². The molecule has 0 spiro atoms. The molecule has 10 heteroatoms. The fourth-order valence-electron chi connectivity index (χ4n) is 2.27. The summed E-state index contributed by atoms with van der Waals surface area (Å²) in [6, 6.07) is 3.51. The Morgan fingerprint density at radius 1 is 1.21 bits per heavy atom. The van der Waals surface area contributed by atoms with Gasteiger partial charge in [0.15, 0.2) is 0 Å². The topological polar surface area (TPSA) is 127 Å². The van der Waals surface area contributed by atoms with Gasteiger partial charge in [0.05, 0.1) is 11.4 Å². The lowest BCUT2D eigenvalue weighted by Gasteiger charge is -2.05. The van der Waals surface area contributed by atoms with E-state index < -0.39 is 10.0 Å². The van der Waals surface area contributed by atoms with Crippen LogP contribution in [0.15, 0.2) is 33.8 Å². The monoisotopic (exact) mass is 348 g/mol. The van der Waals surface area contributed by atoms with E-state index in [4.69, 9.17) is 4.42 Å². The minimum atomic E-state index is -3.64. The highest BCUT2D eigenvalue weighted by atomic mass is 32.2. The number of pyridine rings is 1. The number of H-pyrrole nitrogens is 1. The number of nitrogens with one attached hydrogen (secondary N) is 2. The number of aromatic amines is 1. The van der Waals surface area contributed by atoms with Gasteiger partial charge in [0.2, 0.25) is 21.8 Å². The Bertz CT molecular complexity index is 913. The van der Waals surface area contributed by atoms with E-state index in [1.165, 1.54) is 0 Å². The summed E-state index contributed by atoms with van der Waals surface area (Å²) < 4.78 is 32.6. The maximum absolute atomic E-state index is 12.3. The number of aromatic nitrogens is 5. The third-order valence-electron chi connectivity index (χ3n) is 3.35. The highest BCUT2D eigenvalue weighted by molar-refractivity contribution is 7.89. The van der Waals surface area contributed by atoms with Crippen LogP contribution in [0.2, 0.25) is 0 Å². The standard InChI is InChI=1S/C14H16N6O3S/c1-9-13(10(2)18-17-9)24(21,22)16-8-5-12-19-20-14(23-12)11-3-6-15-7-4-11/h3-4,6-7,16H,5,8H2,1-2H3,(H,17,18). The molecule has 3 aromatic heterocycles. The summed E-state index contributed by atoms with van der Waals surface area (Å²) in [6.45, 7) is 3.44. The number of aryl methyl sites for hydroxylation is 2. The third-order valence-corrected chi connectivity index (χ3v) is 5.08. The molecule has 0 bridgehead atoms. The summed E-state index contributed by atoms with van der Waals surface area (Å²) in [6.07, 6.45) is 3.54. The number of hydrogen-bond acceptors (Lipinski definition) is 7. The van der Waals surface area contributed by atoms with Gasteiger partial charge in [-0.2, -0.15) is 5.10 Å². The Morgan fingerprint density at radius 2 is 1.96 bits per heavy atom. The van der Waals surface area contributed by atoms with Crippen LogP contribution in [0.5, 0.6) is 0 Å². The number of sulfonamides is 1. The van der Waals surface area contributed by atoms with Crippen LogP contribution in [0.25, 0.3) is 11.5 Å². The molecule has 0 radical (unpaired) electrons. The van der Waals surface area contributed by atoms with E-state index in [0.29, 0.717) is 23.2 Å². The minimum absolute atomic E-state index is 0.143. The zero-order chi connectivity index (χ0) is 17.2. The second-order valence-corrected chi connectivity index (χ2v) is 6.85. The van der Waals surface area contributed by atoms with Crippen molar-refractivity contribution in [2.45, 2.75) is 25.2 Å². The molecule has 9 nitrogen and oxygen atoms in total. The largest absolute Gasteiger partial charge is 0.421 e. The van der Waals surface area contributed by atoms with Crippen molar-refractivity contribution in [3.8, 4) is 11.5 Å². The van der Waals surface area contributed by atoms with Gasteiger partial charge in [-0.05, 0) is 26.0 Å². The van der Waals surface area contributed by atoms with E-state index >= 15 is 0 Å². The van der Waals surface area contributed by atoms with E-state index in [0.717, 1.165) is 5.56 Å². The van der Waals surface area contributed by atoms with Crippen molar-refractivity contribution in [1.29, 1.82) is 0 Å². The zero-order valence-electron chi connectivity index (χ0n) is 13.1. The Morgan fingerprint density at radius 3 is 2.62 bits per heavy atom. The van der Waals surface area contributed by atoms with Crippen molar-refractivity contribution in [2.75, 3.05) is 6.54 Å². The number of rotatable bonds is 6. The summed E-state index contributed by atoms with van der Waals surface area (Å²) in [5.74, 6) is 0.724. The van der Waals surface area contributed by atoms with Gasteiger partial charge in [0.25, 0.3) is 0 Å². The Hall–Kier alpha value is -2.59. The normalized spacial score (nSPS) is 11.8. The molecular weight excluding hydrogens is 332 g/mol. The summed E-state index contributed by atoms with van der Waals surface area (Å²) >= 11 is 0. The molecule has 126 valence electrons. The Labute approximate surface area is 138 Å². The SMILES string of the molecule is Cc1n[nH]c(C)c1S(=O)(=O)NCCc1nnc(-c2ccncc2)o1. The molecule has 0 aromatic carbocycles. The molecule has 2 N–H and O–H groups in total. The van der Waals surface area contributed by atoms with E-state index in [1.54, 1.807) is 38.4 Å². The smallest absolute Gasteiger partial charge is 0.247 e. The van der Waals surface area contributed by atoms with Crippen LogP contribution in [-0.2, 0) is 16.4 Å². The lowest BCUT2D eigenvalue weighted by molar-refractivity contribution is 0.502. The fraction of sp³-hybridized carbons (Fsp3) is 0.286. The predicted molar refractivity (Wildman–Crippen MR) is 84.5 cm³/mol. The van der Waals surface area contributed by atoms with Crippen LogP contribution in [0.4, 0.5) is 0 Å². The maximum Gasteiger partial charge on any atom is 0.247 e. The third kappa shape index (κ3) is 3.34. The molecular formula is C14H16N6O3S. The van der Waals surface area contributed by atoms with E-state index in [2.05, 4.69) is 30.1 Å². The predicted octanol–water partition coefficient (Wildman–Crippen LogP) is 0.993. The van der Waals surface area contributed by atoms with Crippen LogP contribution < -0.4 is 4.72 Å². The first kappa shape index (κ1) is 16.3. The highest BCUT2D eigenvalue weighted by Gasteiger charge is 2.22. The van der Waals surface area contributed by atoms with Gasteiger partial charge >= 0.3 is 0 Å². The molecule has 0 saturated carbocycles. The first-order chi connectivity index (χ1) is 11.5. The van der Waals surface area contributed by atoms with Gasteiger partial charge in [-0.15, -0.1) is 10.2 Å². The average molecular weight is 348 g/mol. The van der Waals surface area contributed by atoms with Crippen LogP contribution >= 0.6 is 0 Å². The Balaban J connectivity index is 1.64. The maximum atomic E-state index is 12.3. The van der Waals surface area contributed by atoms with Crippen molar-refractivity contribution in [1.82, 2.24) is 30.1 Å². The fourth-order valence-corrected chi connectivity index (χ4v) is 3.67. The van der Waals surface area contributed by atoms with Crippen molar-refractivity contribution in [3.05, 3.63) is 41.8 Å². The average Bonchev–Trinajstić information content (AvgIpc) is 3.15. The van der Waals surface area contributed by atoms with Gasteiger partial charge in [0.1, 0.15) is 4.90 Å². The number of hydrogen-bond donors (Lipinski definition) is 2. The molecule has 0 saturated heterocycles. The van der Waals surface area contributed by atoms with Gasteiger partial charge in [-0.25, -0.2) is 13.1 Å². The van der Waals surface area contributed by atoms with Crippen molar-refractivity contribution in [3.63, 3.8) is 0 Å². The second kappa shape index (κ2) is 6.49. The minimum Gasteiger partial charge on any atom is -0.421 e. The van der Waals surface area contributed by atoms with E-state index in [9.17, 15) is 8.42 Å². The summed E-state index contributed by atoms with van der Waals surface area (Å²) in [7, 11) is -3.64. The second-order valence-electron chi connectivity index (χ2n) is 5.15. The van der Waals surface area contributed by atoms with Crippen LogP contribution in [0.3, 0.4) is 0 Å². The highest BCUT2D eigenvalue weighted by Crippen LogP contribution is 2.17. The molecule has 0 aliphatic rings. The van der Waals surface area contributed by atoms with Gasteiger partial charge in [-0.1, -0.05) is 0 Å². The molecule has 3 aromatic rings. The van der Waals surface area contributed by atoms with E-state index in [1.807, 2.05) is 0 Å². The van der Waals surface area contributed by atoms with Gasteiger partial charge in [-0.3, -0.25) is 10.1 Å². The lowest BCUT2D eigenvalue weighted by Crippen LogP contribution is -2.27. The van der Waals surface area contributed by atoms with Crippen LogP contribution in [0, 0.1) is 13.8 Å². The molecule has 0 fully saturated rings. The van der Waals surface area contributed by atoms with Crippen LogP contribution in [0.1, 0.15) is 17.3 Å². The number of nitrogens with zero attached hydrogens (tertiary/aromatic N) is 4. The first-order valence-corrected chi connectivity index (χ1v) is 8.69. The molecule has 0 amide bonds. The molecule has 0 atom stereocenters. The van der Waals surface area contributed by atoms with Crippen molar-refractivity contribution in [2.24, 2.45) is 0 Å². The van der Waals surface area contributed by atoms with E-state index in [-0.39, 0.29) is 17.9 Å². The van der Waals surface area contributed by atoms with Crippen molar-refractivity contribution < 1.29 is 12.8 Å². The summed E-state index contributed by atoms with van der Waals surface area (Å²) in [5, 5.41) is 14.4. The summed E-state index contributed by atoms with van der Waals surface area (Å²) in [4.78, 5) is 4.09. The Kier molecular flexibility index (Phi) is 4.40. The van der Waals surface area contributed by atoms with Crippen molar-refractivity contribution >= 4 is 10.0 Å². The zero-order valence-corrected chi connectivity index (χ0v) is 14.0. The van der Waals surface area contributed by atoms with Gasteiger partial charge in [0, 0.05) is 30.9 Å². The molecule has 3 heterocycles. The van der Waals surface area contributed by atoms with Gasteiger partial charge < -0.3 is 4.42 Å². The lowest BCUT2D eigenvalue weighted by atomic mass is 10.3. The quantitative estimate of drug-likeness (QED) is 0.680. The molecule has 3 rings (SSSR count). The molecule has 0 aliphatic carbocycles.